The lowest BCUT2D eigenvalue weighted by Crippen LogP contribution is -2.24. The Kier molecular flexibility index (Phi) is 3.40. The van der Waals surface area contributed by atoms with Crippen LogP contribution < -0.4 is 5.73 Å². The summed E-state index contributed by atoms with van der Waals surface area (Å²) in [7, 11) is 0. The smallest absolute Gasteiger partial charge is 0.0378 e. The third-order valence-corrected chi connectivity index (χ3v) is 1.94. The summed E-state index contributed by atoms with van der Waals surface area (Å²) in [5, 5.41) is 0. The molecule has 60 valence electrons. The second-order valence-electron chi connectivity index (χ2n) is 2.60. The first kappa shape index (κ1) is 8.57. The van der Waals surface area contributed by atoms with Crippen LogP contribution in [-0.2, 0) is 6.42 Å². The molecule has 1 nitrogen and oxygen atoms in total. The minimum absolute atomic E-state index is 0.0825. The van der Waals surface area contributed by atoms with Crippen molar-refractivity contribution in [3.8, 4) is 0 Å². The average Bonchev–Trinajstić information content (AvgIpc) is 2.06. The molecule has 1 rings (SSSR count). The second kappa shape index (κ2) is 4.37. The molecule has 0 bridgehead atoms. The highest BCUT2D eigenvalue weighted by atomic mass is 35.5. The zero-order valence-corrected chi connectivity index (χ0v) is 7.09. The van der Waals surface area contributed by atoms with Gasteiger partial charge >= 0.3 is 0 Å². The van der Waals surface area contributed by atoms with Crippen molar-refractivity contribution in [1.82, 2.24) is 0 Å². The molecule has 2 N–H and O–H groups in total. The molecule has 0 saturated heterocycles. The summed E-state index contributed by atoms with van der Waals surface area (Å²) in [6.45, 7) is 0. The fourth-order valence-electron chi connectivity index (χ4n) is 0.971. The number of benzene rings is 1. The van der Waals surface area contributed by atoms with Gasteiger partial charge < -0.3 is 5.73 Å². The van der Waals surface area contributed by atoms with E-state index in [9.17, 15) is 0 Å². The highest BCUT2D eigenvalue weighted by Crippen LogP contribution is 2.02. The van der Waals surface area contributed by atoms with Gasteiger partial charge in [-0.05, 0) is 12.0 Å². The molecule has 2 heteroatoms. The molecule has 0 spiro atoms. The van der Waals surface area contributed by atoms with Crippen molar-refractivity contribution in [3.05, 3.63) is 35.9 Å². The van der Waals surface area contributed by atoms with E-state index >= 15 is 0 Å². The van der Waals surface area contributed by atoms with E-state index in [-0.39, 0.29) is 6.04 Å². The van der Waals surface area contributed by atoms with Gasteiger partial charge in [-0.25, -0.2) is 0 Å². The number of alkyl halides is 1. The van der Waals surface area contributed by atoms with Crippen molar-refractivity contribution in [1.29, 1.82) is 0 Å². The molecule has 0 radical (unpaired) electrons. The zero-order valence-electron chi connectivity index (χ0n) is 6.33. The van der Waals surface area contributed by atoms with E-state index in [0.29, 0.717) is 5.88 Å². The Labute approximate surface area is 72.2 Å². The van der Waals surface area contributed by atoms with Gasteiger partial charge in [0.05, 0.1) is 0 Å². The van der Waals surface area contributed by atoms with E-state index < -0.39 is 0 Å². The Bertz CT molecular complexity index is 198. The van der Waals surface area contributed by atoms with E-state index in [0.717, 1.165) is 6.42 Å². The molecule has 0 saturated carbocycles. The Morgan fingerprint density at radius 3 is 2.45 bits per heavy atom. The van der Waals surface area contributed by atoms with Gasteiger partial charge in [0.15, 0.2) is 0 Å². The molecular formula is C9H12ClN. The SMILES string of the molecule is N[C@@H](CCl)Cc1ccccc1. The van der Waals surface area contributed by atoms with Crippen LogP contribution in [-0.4, -0.2) is 11.9 Å². The Morgan fingerprint density at radius 1 is 1.27 bits per heavy atom. The first-order chi connectivity index (χ1) is 5.33. The Morgan fingerprint density at radius 2 is 1.91 bits per heavy atom. The van der Waals surface area contributed by atoms with Gasteiger partial charge in [0, 0.05) is 11.9 Å². The summed E-state index contributed by atoms with van der Waals surface area (Å²) < 4.78 is 0. The summed E-state index contributed by atoms with van der Waals surface area (Å²) >= 11 is 5.58. The molecule has 0 fully saturated rings. The van der Waals surface area contributed by atoms with Crippen LogP contribution in [0.5, 0.6) is 0 Å². The molecule has 1 atom stereocenters. The van der Waals surface area contributed by atoms with Crippen LogP contribution in [0, 0.1) is 0 Å². The largest absolute Gasteiger partial charge is 0.326 e. The molecule has 0 heterocycles. The topological polar surface area (TPSA) is 26.0 Å². The third kappa shape index (κ3) is 2.91. The second-order valence-corrected chi connectivity index (χ2v) is 2.91. The fraction of sp³-hybridized carbons (Fsp3) is 0.333. The summed E-state index contributed by atoms with van der Waals surface area (Å²) in [5.41, 5.74) is 6.92. The van der Waals surface area contributed by atoms with Gasteiger partial charge in [0.1, 0.15) is 0 Å². The summed E-state index contributed by atoms with van der Waals surface area (Å²) in [6, 6.07) is 10.2. The van der Waals surface area contributed by atoms with Crippen molar-refractivity contribution in [2.24, 2.45) is 5.73 Å². The fourth-order valence-corrected chi connectivity index (χ4v) is 1.08. The van der Waals surface area contributed by atoms with Crippen molar-refractivity contribution in [3.63, 3.8) is 0 Å². The van der Waals surface area contributed by atoms with Crippen molar-refractivity contribution >= 4 is 11.6 Å². The average molecular weight is 170 g/mol. The zero-order chi connectivity index (χ0) is 8.10. The van der Waals surface area contributed by atoms with E-state index in [1.807, 2.05) is 18.2 Å². The van der Waals surface area contributed by atoms with Gasteiger partial charge in [-0.15, -0.1) is 11.6 Å². The maximum atomic E-state index is 5.67. The first-order valence-electron chi connectivity index (χ1n) is 3.68. The number of halogens is 1. The van der Waals surface area contributed by atoms with E-state index in [2.05, 4.69) is 12.1 Å². The minimum Gasteiger partial charge on any atom is -0.326 e. The van der Waals surface area contributed by atoms with E-state index in [1.54, 1.807) is 0 Å². The van der Waals surface area contributed by atoms with Gasteiger partial charge in [-0.1, -0.05) is 30.3 Å². The van der Waals surface area contributed by atoms with E-state index in [4.69, 9.17) is 17.3 Å². The summed E-state index contributed by atoms with van der Waals surface area (Å²) in [4.78, 5) is 0. The summed E-state index contributed by atoms with van der Waals surface area (Å²) in [6.07, 6.45) is 0.865. The van der Waals surface area contributed by atoms with Crippen LogP contribution in [0.3, 0.4) is 0 Å². The lowest BCUT2D eigenvalue weighted by Gasteiger charge is -2.06. The number of hydrogen-bond donors (Lipinski definition) is 1. The van der Waals surface area contributed by atoms with Crippen LogP contribution in [0.4, 0.5) is 0 Å². The number of rotatable bonds is 3. The molecule has 0 aliphatic heterocycles. The Balaban J connectivity index is 2.51. The van der Waals surface area contributed by atoms with Crippen molar-refractivity contribution in [2.75, 3.05) is 5.88 Å². The van der Waals surface area contributed by atoms with Crippen LogP contribution in [0.2, 0.25) is 0 Å². The highest BCUT2D eigenvalue weighted by Gasteiger charge is 2.00. The van der Waals surface area contributed by atoms with Gasteiger partial charge in [0.25, 0.3) is 0 Å². The predicted octanol–water partition coefficient (Wildman–Crippen LogP) is 1.80. The van der Waals surface area contributed by atoms with Crippen LogP contribution in [0.15, 0.2) is 30.3 Å². The molecule has 0 aliphatic rings. The molecular weight excluding hydrogens is 158 g/mol. The third-order valence-electron chi connectivity index (χ3n) is 1.54. The van der Waals surface area contributed by atoms with Crippen LogP contribution in [0.25, 0.3) is 0 Å². The highest BCUT2D eigenvalue weighted by molar-refractivity contribution is 6.18. The number of hydrogen-bond acceptors (Lipinski definition) is 1. The molecule has 1 aromatic rings. The molecule has 0 aliphatic carbocycles. The number of nitrogens with two attached hydrogens (primary N) is 1. The van der Waals surface area contributed by atoms with Crippen molar-refractivity contribution < 1.29 is 0 Å². The molecule has 0 unspecified atom stereocenters. The molecule has 1 aromatic carbocycles. The van der Waals surface area contributed by atoms with Gasteiger partial charge in [-0.2, -0.15) is 0 Å². The van der Waals surface area contributed by atoms with Crippen LogP contribution >= 0.6 is 11.6 Å². The molecule has 0 aromatic heterocycles. The normalized spacial score (nSPS) is 12.9. The standard InChI is InChI=1S/C9H12ClN/c10-7-9(11)6-8-4-2-1-3-5-8/h1-5,9H,6-7,11H2/t9-/m1/s1. The van der Waals surface area contributed by atoms with Crippen LogP contribution in [0.1, 0.15) is 5.56 Å². The Hall–Kier alpha value is -0.530. The van der Waals surface area contributed by atoms with E-state index in [1.165, 1.54) is 5.56 Å². The maximum absolute atomic E-state index is 5.67. The summed E-state index contributed by atoms with van der Waals surface area (Å²) in [5.74, 6) is 0.523. The lowest BCUT2D eigenvalue weighted by atomic mass is 10.1. The maximum Gasteiger partial charge on any atom is 0.0378 e. The molecule has 0 amide bonds. The predicted molar refractivity (Wildman–Crippen MR) is 48.8 cm³/mol. The monoisotopic (exact) mass is 169 g/mol. The quantitative estimate of drug-likeness (QED) is 0.687. The van der Waals surface area contributed by atoms with Crippen molar-refractivity contribution in [2.45, 2.75) is 12.5 Å². The van der Waals surface area contributed by atoms with Gasteiger partial charge in [-0.3, -0.25) is 0 Å². The lowest BCUT2D eigenvalue weighted by molar-refractivity contribution is 0.745. The first-order valence-corrected chi connectivity index (χ1v) is 4.22. The molecule has 11 heavy (non-hydrogen) atoms. The van der Waals surface area contributed by atoms with Gasteiger partial charge in [0.2, 0.25) is 0 Å². The minimum atomic E-state index is 0.0825.